The monoisotopic (exact) mass is 325 g/mol. The van der Waals surface area contributed by atoms with E-state index < -0.39 is 0 Å². The van der Waals surface area contributed by atoms with E-state index in [-0.39, 0.29) is 11.9 Å². The van der Waals surface area contributed by atoms with Crippen LogP contribution in [0.4, 0.5) is 11.5 Å². The summed E-state index contributed by atoms with van der Waals surface area (Å²) in [5, 5.41) is 6.00. The highest BCUT2D eigenvalue weighted by Gasteiger charge is 2.23. The van der Waals surface area contributed by atoms with Crippen LogP contribution in [0, 0.1) is 0 Å². The molecule has 3 rings (SSSR count). The second-order valence-electron chi connectivity index (χ2n) is 5.57. The van der Waals surface area contributed by atoms with Gasteiger partial charge in [-0.2, -0.15) is 0 Å². The molecule has 0 radical (unpaired) electrons. The van der Waals surface area contributed by atoms with Gasteiger partial charge in [0.2, 0.25) is 0 Å². The van der Waals surface area contributed by atoms with Gasteiger partial charge in [0.1, 0.15) is 5.82 Å². The number of carbonyl (C=O) groups excluding carboxylic acids is 2. The van der Waals surface area contributed by atoms with E-state index in [1.54, 1.807) is 37.3 Å². The fourth-order valence-corrected chi connectivity index (χ4v) is 2.22. The summed E-state index contributed by atoms with van der Waals surface area (Å²) < 4.78 is 5.05. The number of hydrogen-bond donors (Lipinski definition) is 2. The average Bonchev–Trinajstić information content (AvgIpc) is 3.40. The van der Waals surface area contributed by atoms with E-state index in [1.165, 1.54) is 6.20 Å². The van der Waals surface area contributed by atoms with Gasteiger partial charge < -0.3 is 15.4 Å². The molecule has 1 heterocycles. The lowest BCUT2D eigenvalue weighted by atomic mass is 10.1. The second-order valence-corrected chi connectivity index (χ2v) is 5.57. The van der Waals surface area contributed by atoms with Crippen LogP contribution in [-0.2, 0) is 4.74 Å². The first-order valence-corrected chi connectivity index (χ1v) is 7.97. The number of carbonyl (C=O) groups is 2. The Morgan fingerprint density at radius 2 is 2.00 bits per heavy atom. The third-order valence-electron chi connectivity index (χ3n) is 3.62. The van der Waals surface area contributed by atoms with Crippen LogP contribution < -0.4 is 10.6 Å². The van der Waals surface area contributed by atoms with Gasteiger partial charge in [-0.1, -0.05) is 12.1 Å². The zero-order valence-electron chi connectivity index (χ0n) is 13.4. The summed E-state index contributed by atoms with van der Waals surface area (Å²) in [6, 6.07) is 10.8. The van der Waals surface area contributed by atoms with Crippen molar-refractivity contribution in [3.63, 3.8) is 0 Å². The van der Waals surface area contributed by atoms with Crippen LogP contribution >= 0.6 is 0 Å². The Morgan fingerprint density at radius 1 is 1.21 bits per heavy atom. The molecule has 1 fully saturated rings. The van der Waals surface area contributed by atoms with Crippen molar-refractivity contribution in [2.75, 3.05) is 11.9 Å². The van der Waals surface area contributed by atoms with Crippen molar-refractivity contribution in [3.05, 3.63) is 53.7 Å². The molecule has 2 N–H and O–H groups in total. The highest BCUT2D eigenvalue weighted by atomic mass is 16.5. The first-order valence-electron chi connectivity index (χ1n) is 7.97. The van der Waals surface area contributed by atoms with Crippen molar-refractivity contribution < 1.29 is 14.3 Å². The quantitative estimate of drug-likeness (QED) is 0.798. The fourth-order valence-electron chi connectivity index (χ4n) is 2.22. The van der Waals surface area contributed by atoms with Gasteiger partial charge in [0.25, 0.3) is 5.91 Å². The number of nitrogens with zero attached hydrogens (tertiary/aromatic N) is 1. The molecule has 0 saturated heterocycles. The minimum atomic E-state index is -0.388. The molecule has 1 amide bonds. The number of benzene rings is 1. The van der Waals surface area contributed by atoms with Crippen molar-refractivity contribution in [2.45, 2.75) is 25.8 Å². The number of para-hydroxylation sites is 1. The Hall–Kier alpha value is -2.89. The van der Waals surface area contributed by atoms with Gasteiger partial charge in [-0.25, -0.2) is 9.78 Å². The number of ether oxygens (including phenoxy) is 1. The molecule has 1 aliphatic carbocycles. The standard InChI is InChI=1S/C18H19N3O3/c1-2-24-18(23)14-5-3-4-6-15(14)21-16-10-7-12(11-19-16)17(22)20-13-8-9-13/h3-7,10-11,13H,2,8-9H2,1H3,(H,19,21)(H,20,22). The van der Waals surface area contributed by atoms with E-state index in [2.05, 4.69) is 15.6 Å². The second kappa shape index (κ2) is 7.12. The third kappa shape index (κ3) is 3.90. The lowest BCUT2D eigenvalue weighted by Gasteiger charge is -2.11. The molecule has 1 aromatic carbocycles. The van der Waals surface area contributed by atoms with Crippen LogP contribution in [0.3, 0.4) is 0 Å². The molecule has 6 heteroatoms. The summed E-state index contributed by atoms with van der Waals surface area (Å²) in [7, 11) is 0. The lowest BCUT2D eigenvalue weighted by Crippen LogP contribution is -2.25. The lowest BCUT2D eigenvalue weighted by molar-refractivity contribution is 0.0527. The molecule has 0 bridgehead atoms. The SMILES string of the molecule is CCOC(=O)c1ccccc1Nc1ccc(C(=O)NC2CC2)cn1. The summed E-state index contributed by atoms with van der Waals surface area (Å²) in [4.78, 5) is 28.2. The summed E-state index contributed by atoms with van der Waals surface area (Å²) >= 11 is 0. The molecular weight excluding hydrogens is 306 g/mol. The van der Waals surface area contributed by atoms with Gasteiger partial charge in [-0.15, -0.1) is 0 Å². The molecule has 1 aliphatic rings. The summed E-state index contributed by atoms with van der Waals surface area (Å²) in [5.41, 5.74) is 1.57. The van der Waals surface area contributed by atoms with Crippen molar-refractivity contribution in [3.8, 4) is 0 Å². The normalized spacial score (nSPS) is 13.2. The van der Waals surface area contributed by atoms with E-state index in [0.29, 0.717) is 35.3 Å². The van der Waals surface area contributed by atoms with Crippen molar-refractivity contribution >= 4 is 23.4 Å². The number of hydrogen-bond acceptors (Lipinski definition) is 5. The van der Waals surface area contributed by atoms with Gasteiger partial charge in [-0.3, -0.25) is 4.79 Å². The van der Waals surface area contributed by atoms with Gasteiger partial charge in [0.15, 0.2) is 0 Å². The molecular formula is C18H19N3O3. The smallest absolute Gasteiger partial charge is 0.340 e. The van der Waals surface area contributed by atoms with Crippen LogP contribution in [0.1, 0.15) is 40.5 Å². The zero-order chi connectivity index (χ0) is 16.9. The zero-order valence-corrected chi connectivity index (χ0v) is 13.4. The summed E-state index contributed by atoms with van der Waals surface area (Å²) in [6.45, 7) is 2.08. The maximum Gasteiger partial charge on any atom is 0.340 e. The van der Waals surface area contributed by atoms with Crippen LogP contribution in [0.5, 0.6) is 0 Å². The molecule has 2 aromatic rings. The van der Waals surface area contributed by atoms with Crippen molar-refractivity contribution in [1.29, 1.82) is 0 Å². The molecule has 0 atom stereocenters. The molecule has 0 spiro atoms. The van der Waals surface area contributed by atoms with Gasteiger partial charge in [0, 0.05) is 12.2 Å². The summed E-state index contributed by atoms with van der Waals surface area (Å²) in [5.74, 6) is 0.0548. The maximum atomic E-state index is 12.0. The number of anilines is 2. The first-order chi connectivity index (χ1) is 11.7. The molecule has 124 valence electrons. The molecule has 6 nitrogen and oxygen atoms in total. The van der Waals surface area contributed by atoms with Crippen LogP contribution in [-0.4, -0.2) is 29.5 Å². The van der Waals surface area contributed by atoms with E-state index in [1.807, 2.05) is 6.07 Å². The molecule has 1 saturated carbocycles. The average molecular weight is 325 g/mol. The van der Waals surface area contributed by atoms with Crippen LogP contribution in [0.2, 0.25) is 0 Å². The van der Waals surface area contributed by atoms with E-state index in [0.717, 1.165) is 12.8 Å². The maximum absolute atomic E-state index is 12.0. The Balaban J connectivity index is 1.72. The Morgan fingerprint density at radius 3 is 2.67 bits per heavy atom. The highest BCUT2D eigenvalue weighted by molar-refractivity contribution is 5.97. The van der Waals surface area contributed by atoms with E-state index in [9.17, 15) is 9.59 Å². The fraction of sp³-hybridized carbons (Fsp3) is 0.278. The van der Waals surface area contributed by atoms with Gasteiger partial charge >= 0.3 is 5.97 Å². The van der Waals surface area contributed by atoms with Crippen LogP contribution in [0.15, 0.2) is 42.6 Å². The predicted molar refractivity (Wildman–Crippen MR) is 90.4 cm³/mol. The number of rotatable bonds is 6. The number of amides is 1. The molecule has 0 unspecified atom stereocenters. The number of nitrogens with one attached hydrogen (secondary N) is 2. The van der Waals surface area contributed by atoms with Crippen molar-refractivity contribution in [2.24, 2.45) is 0 Å². The van der Waals surface area contributed by atoms with Gasteiger partial charge in [0.05, 0.1) is 23.4 Å². The first kappa shape index (κ1) is 16.0. The largest absolute Gasteiger partial charge is 0.462 e. The molecule has 24 heavy (non-hydrogen) atoms. The van der Waals surface area contributed by atoms with Gasteiger partial charge in [-0.05, 0) is 44.0 Å². The van der Waals surface area contributed by atoms with E-state index in [4.69, 9.17) is 4.74 Å². The number of esters is 1. The summed E-state index contributed by atoms with van der Waals surface area (Å²) in [6.07, 6.45) is 3.61. The Labute approximate surface area is 140 Å². The Kier molecular flexibility index (Phi) is 4.74. The Bertz CT molecular complexity index is 739. The number of aromatic nitrogens is 1. The van der Waals surface area contributed by atoms with Crippen molar-refractivity contribution in [1.82, 2.24) is 10.3 Å². The highest BCUT2D eigenvalue weighted by Crippen LogP contribution is 2.21. The third-order valence-corrected chi connectivity index (χ3v) is 3.62. The number of pyridine rings is 1. The predicted octanol–water partition coefficient (Wildman–Crippen LogP) is 2.89. The molecule has 1 aromatic heterocycles. The minimum absolute atomic E-state index is 0.108. The molecule has 0 aliphatic heterocycles. The van der Waals surface area contributed by atoms with E-state index >= 15 is 0 Å². The van der Waals surface area contributed by atoms with Crippen LogP contribution in [0.25, 0.3) is 0 Å². The topological polar surface area (TPSA) is 80.3 Å². The minimum Gasteiger partial charge on any atom is -0.462 e.